The lowest BCUT2D eigenvalue weighted by atomic mass is 9.95. The fraction of sp³-hybridized carbons (Fsp3) is 0.385. The van der Waals surface area contributed by atoms with Crippen molar-refractivity contribution in [3.8, 4) is 17.2 Å². The topological polar surface area (TPSA) is 92.6 Å². The quantitative estimate of drug-likeness (QED) is 0.316. The SMILES string of the molecule is CCOc1ccc(C2C(=C([O-])c3ccc(OC)c(OC)c3)C(=O)C(=O)N2CCC[NH+](C)C)cc1. The monoisotopic (exact) mass is 468 g/mol. The number of hydrogen-bond donors (Lipinski definition) is 1. The Morgan fingerprint density at radius 2 is 1.71 bits per heavy atom. The normalized spacial score (nSPS) is 17.4. The van der Waals surface area contributed by atoms with Crippen molar-refractivity contribution in [3.63, 3.8) is 0 Å². The van der Waals surface area contributed by atoms with Gasteiger partial charge in [0.1, 0.15) is 5.75 Å². The predicted octanol–water partition coefficient (Wildman–Crippen LogP) is 0.861. The first-order valence-corrected chi connectivity index (χ1v) is 11.3. The third kappa shape index (κ3) is 5.17. The summed E-state index contributed by atoms with van der Waals surface area (Å²) in [5.41, 5.74) is 0.881. The molecule has 1 aliphatic heterocycles. The van der Waals surface area contributed by atoms with Gasteiger partial charge in [0.2, 0.25) is 5.78 Å². The van der Waals surface area contributed by atoms with E-state index in [-0.39, 0.29) is 11.1 Å². The molecule has 0 aromatic heterocycles. The molecular formula is C26H32N2O6. The number of nitrogens with zero attached hydrogens (tertiary/aromatic N) is 1. The molecule has 34 heavy (non-hydrogen) atoms. The average molecular weight is 469 g/mol. The smallest absolute Gasteiger partial charge is 0.295 e. The zero-order chi connectivity index (χ0) is 24.8. The lowest BCUT2D eigenvalue weighted by Crippen LogP contribution is -3.05. The highest BCUT2D eigenvalue weighted by molar-refractivity contribution is 6.46. The summed E-state index contributed by atoms with van der Waals surface area (Å²) in [6, 6.07) is 11.1. The summed E-state index contributed by atoms with van der Waals surface area (Å²) < 4.78 is 16.1. The van der Waals surface area contributed by atoms with Crippen LogP contribution in [-0.4, -0.2) is 64.6 Å². The number of methoxy groups -OCH3 is 2. The Hall–Kier alpha value is -3.52. The highest BCUT2D eigenvalue weighted by Gasteiger charge is 2.44. The van der Waals surface area contributed by atoms with Crippen molar-refractivity contribution in [2.24, 2.45) is 0 Å². The molecule has 2 aromatic carbocycles. The molecule has 0 saturated carbocycles. The van der Waals surface area contributed by atoms with Gasteiger partial charge >= 0.3 is 0 Å². The van der Waals surface area contributed by atoms with E-state index >= 15 is 0 Å². The molecular weight excluding hydrogens is 436 g/mol. The second-order valence-electron chi connectivity index (χ2n) is 8.36. The van der Waals surface area contributed by atoms with Gasteiger partial charge in [0.25, 0.3) is 5.91 Å². The van der Waals surface area contributed by atoms with Crippen molar-refractivity contribution in [3.05, 3.63) is 59.2 Å². The summed E-state index contributed by atoms with van der Waals surface area (Å²) in [5.74, 6) is -0.411. The van der Waals surface area contributed by atoms with Gasteiger partial charge in [-0.15, -0.1) is 0 Å². The van der Waals surface area contributed by atoms with Crippen molar-refractivity contribution < 1.29 is 33.8 Å². The van der Waals surface area contributed by atoms with Crippen LogP contribution in [0.2, 0.25) is 0 Å². The summed E-state index contributed by atoms with van der Waals surface area (Å²) in [4.78, 5) is 28.9. The molecule has 1 aliphatic rings. The number of benzene rings is 2. The molecule has 8 nitrogen and oxygen atoms in total. The van der Waals surface area contributed by atoms with E-state index in [9.17, 15) is 14.7 Å². The molecule has 1 N–H and O–H groups in total. The number of Topliss-reactive ketones (excluding diaryl/α,β-unsaturated/α-hetero) is 1. The van der Waals surface area contributed by atoms with Gasteiger partial charge in [-0.05, 0) is 42.3 Å². The van der Waals surface area contributed by atoms with Crippen LogP contribution in [0.5, 0.6) is 17.2 Å². The minimum absolute atomic E-state index is 0.0569. The third-order valence-electron chi connectivity index (χ3n) is 5.76. The number of quaternary nitrogens is 1. The first kappa shape index (κ1) is 25.1. The van der Waals surface area contributed by atoms with Crippen LogP contribution in [-0.2, 0) is 9.59 Å². The molecule has 8 heteroatoms. The van der Waals surface area contributed by atoms with Crippen LogP contribution in [0.15, 0.2) is 48.0 Å². The Balaban J connectivity index is 2.10. The zero-order valence-corrected chi connectivity index (χ0v) is 20.3. The van der Waals surface area contributed by atoms with Crippen molar-refractivity contribution >= 4 is 17.4 Å². The minimum atomic E-state index is -0.770. The van der Waals surface area contributed by atoms with E-state index < -0.39 is 23.5 Å². The maximum Gasteiger partial charge on any atom is 0.295 e. The first-order valence-electron chi connectivity index (χ1n) is 11.3. The summed E-state index contributed by atoms with van der Waals surface area (Å²) in [7, 11) is 7.03. The van der Waals surface area contributed by atoms with Crippen LogP contribution < -0.4 is 24.2 Å². The van der Waals surface area contributed by atoms with Crippen LogP contribution in [0.3, 0.4) is 0 Å². The Morgan fingerprint density at radius 1 is 1.03 bits per heavy atom. The van der Waals surface area contributed by atoms with Crippen molar-refractivity contribution in [2.75, 3.05) is 48.0 Å². The number of rotatable bonds is 10. The molecule has 1 heterocycles. The lowest BCUT2D eigenvalue weighted by molar-refractivity contribution is -0.858. The van der Waals surface area contributed by atoms with Crippen molar-refractivity contribution in [1.82, 2.24) is 4.90 Å². The second kappa shape index (κ2) is 11.1. The van der Waals surface area contributed by atoms with E-state index in [2.05, 4.69) is 0 Å². The number of ketones is 1. The Kier molecular flexibility index (Phi) is 8.17. The first-order chi connectivity index (χ1) is 16.3. The second-order valence-corrected chi connectivity index (χ2v) is 8.36. The van der Waals surface area contributed by atoms with Gasteiger partial charge in [-0.25, -0.2) is 0 Å². The fourth-order valence-corrected chi connectivity index (χ4v) is 4.10. The largest absolute Gasteiger partial charge is 0.872 e. The molecule has 1 saturated heterocycles. The van der Waals surface area contributed by atoms with Crippen LogP contribution in [0.4, 0.5) is 0 Å². The molecule has 1 atom stereocenters. The van der Waals surface area contributed by atoms with E-state index in [0.29, 0.717) is 42.4 Å². The Bertz CT molecular complexity index is 1060. The van der Waals surface area contributed by atoms with Crippen LogP contribution >= 0.6 is 0 Å². The molecule has 0 spiro atoms. The van der Waals surface area contributed by atoms with E-state index in [1.807, 2.05) is 21.0 Å². The summed E-state index contributed by atoms with van der Waals surface area (Å²) in [6.07, 6.45) is 0.701. The molecule has 1 unspecified atom stereocenters. The molecule has 1 fully saturated rings. The van der Waals surface area contributed by atoms with Crippen LogP contribution in [0, 0.1) is 0 Å². The number of carbonyl (C=O) groups is 2. The highest BCUT2D eigenvalue weighted by Crippen LogP contribution is 2.40. The van der Waals surface area contributed by atoms with Crippen LogP contribution in [0.25, 0.3) is 5.76 Å². The molecule has 0 radical (unpaired) electrons. The molecule has 182 valence electrons. The number of ether oxygens (including phenoxy) is 3. The van der Waals surface area contributed by atoms with Gasteiger partial charge in [-0.2, -0.15) is 0 Å². The average Bonchev–Trinajstić information content (AvgIpc) is 3.08. The van der Waals surface area contributed by atoms with Gasteiger partial charge in [0.05, 0.1) is 47.5 Å². The molecule has 1 amide bonds. The van der Waals surface area contributed by atoms with Gasteiger partial charge in [0.15, 0.2) is 11.5 Å². The Labute approximate surface area is 200 Å². The minimum Gasteiger partial charge on any atom is -0.872 e. The van der Waals surface area contributed by atoms with Gasteiger partial charge < -0.3 is 29.1 Å². The number of amides is 1. The highest BCUT2D eigenvalue weighted by atomic mass is 16.5. The lowest BCUT2D eigenvalue weighted by Gasteiger charge is -2.28. The van der Waals surface area contributed by atoms with E-state index in [0.717, 1.165) is 6.54 Å². The number of hydrogen-bond acceptors (Lipinski definition) is 6. The molecule has 0 aliphatic carbocycles. The molecule has 2 aromatic rings. The summed E-state index contributed by atoms with van der Waals surface area (Å²) >= 11 is 0. The van der Waals surface area contributed by atoms with Gasteiger partial charge in [0, 0.05) is 18.5 Å². The van der Waals surface area contributed by atoms with Crippen LogP contribution in [0.1, 0.15) is 30.5 Å². The van der Waals surface area contributed by atoms with Crippen molar-refractivity contribution in [1.29, 1.82) is 0 Å². The number of carbonyl (C=O) groups excluding carboxylic acids is 2. The summed E-state index contributed by atoms with van der Waals surface area (Å²) in [5, 5.41) is 13.6. The summed E-state index contributed by atoms with van der Waals surface area (Å²) in [6.45, 7) is 3.61. The van der Waals surface area contributed by atoms with E-state index in [1.54, 1.807) is 36.4 Å². The van der Waals surface area contributed by atoms with Crippen molar-refractivity contribution in [2.45, 2.75) is 19.4 Å². The standard InChI is InChI=1S/C26H32N2O6/c1-6-34-19-11-8-17(9-12-19)23-22(25(30)26(31)28(23)15-7-14-27(2)3)24(29)18-10-13-20(32-4)21(16-18)33-5/h8-13,16,23,29H,6-7,14-15H2,1-5H3. The predicted molar refractivity (Wildman–Crippen MR) is 126 cm³/mol. The number of likely N-dealkylation sites (tertiary alicyclic amines) is 1. The number of nitrogens with one attached hydrogen (secondary N) is 1. The van der Waals surface area contributed by atoms with Gasteiger partial charge in [-0.3, -0.25) is 9.59 Å². The molecule has 3 rings (SSSR count). The maximum atomic E-state index is 13.6. The fourth-order valence-electron chi connectivity index (χ4n) is 4.10. The zero-order valence-electron chi connectivity index (χ0n) is 20.3. The van der Waals surface area contributed by atoms with E-state index in [4.69, 9.17) is 14.2 Å². The molecule has 0 bridgehead atoms. The maximum absolute atomic E-state index is 13.6. The van der Waals surface area contributed by atoms with E-state index in [1.165, 1.54) is 30.1 Å². The third-order valence-corrected chi connectivity index (χ3v) is 5.76. The Morgan fingerprint density at radius 3 is 2.29 bits per heavy atom. The van der Waals surface area contributed by atoms with Gasteiger partial charge in [-0.1, -0.05) is 24.0 Å².